The second-order valence-corrected chi connectivity index (χ2v) is 3.44. The van der Waals surface area contributed by atoms with Gasteiger partial charge < -0.3 is 15.4 Å². The highest BCUT2D eigenvalue weighted by Crippen LogP contribution is 1.93. The first-order valence-corrected chi connectivity index (χ1v) is 4.79. The summed E-state index contributed by atoms with van der Waals surface area (Å²) in [4.78, 5) is 11.3. The van der Waals surface area contributed by atoms with Gasteiger partial charge in [-0.2, -0.15) is 0 Å². The monoisotopic (exact) mass is 220 g/mol. The Morgan fingerprint density at radius 3 is 2.79 bits per heavy atom. The topological polar surface area (TPSA) is 50.4 Å². The third kappa shape index (κ3) is 6.88. The van der Waals surface area contributed by atoms with Gasteiger partial charge in [0, 0.05) is 25.2 Å². The molecule has 0 aliphatic heterocycles. The summed E-state index contributed by atoms with van der Waals surface area (Å²) in [5, 5.41) is 6.12. The van der Waals surface area contributed by atoms with Gasteiger partial charge in [-0.15, -0.1) is 0 Å². The van der Waals surface area contributed by atoms with Crippen molar-refractivity contribution in [2.75, 3.05) is 26.8 Å². The van der Waals surface area contributed by atoms with E-state index in [1.54, 1.807) is 14.0 Å². The van der Waals surface area contributed by atoms with Gasteiger partial charge in [-0.1, -0.05) is 18.2 Å². The van der Waals surface area contributed by atoms with E-state index < -0.39 is 0 Å². The number of hydrogen-bond acceptors (Lipinski definition) is 3. The molecule has 0 rings (SSSR count). The van der Waals surface area contributed by atoms with Gasteiger partial charge >= 0.3 is 0 Å². The third-order valence-corrected chi connectivity index (χ3v) is 1.73. The largest absolute Gasteiger partial charge is 0.383 e. The van der Waals surface area contributed by atoms with Crippen LogP contribution in [0.5, 0.6) is 0 Å². The Bertz CT molecular complexity index is 197. The van der Waals surface area contributed by atoms with Crippen LogP contribution in [0.1, 0.15) is 6.92 Å². The summed E-state index contributed by atoms with van der Waals surface area (Å²) in [6.07, 6.45) is 0. The zero-order chi connectivity index (χ0) is 11.0. The van der Waals surface area contributed by atoms with Gasteiger partial charge in [-0.05, 0) is 6.92 Å². The average Bonchev–Trinajstić information content (AvgIpc) is 2.14. The summed E-state index contributed by atoms with van der Waals surface area (Å²) in [5.41, 5.74) is 0. The molecule has 0 saturated heterocycles. The number of carbonyl (C=O) groups is 1. The first-order valence-electron chi connectivity index (χ1n) is 4.41. The van der Waals surface area contributed by atoms with Crippen LogP contribution in [0.3, 0.4) is 0 Å². The molecule has 1 unspecified atom stereocenters. The molecule has 0 bridgehead atoms. The fraction of sp³-hybridized carbons (Fsp3) is 0.667. The first-order chi connectivity index (χ1) is 6.57. The summed E-state index contributed by atoms with van der Waals surface area (Å²) in [6.45, 7) is 6.74. The molecule has 0 aliphatic rings. The lowest BCUT2D eigenvalue weighted by atomic mass is 10.3. The van der Waals surface area contributed by atoms with Gasteiger partial charge in [0.1, 0.15) is 0 Å². The van der Waals surface area contributed by atoms with E-state index in [0.717, 1.165) is 0 Å². The van der Waals surface area contributed by atoms with E-state index in [2.05, 4.69) is 17.2 Å². The van der Waals surface area contributed by atoms with Crippen LogP contribution >= 0.6 is 11.6 Å². The zero-order valence-electron chi connectivity index (χ0n) is 8.60. The highest BCUT2D eigenvalue weighted by molar-refractivity contribution is 6.29. The molecule has 0 fully saturated rings. The van der Waals surface area contributed by atoms with Gasteiger partial charge in [-0.25, -0.2) is 0 Å². The van der Waals surface area contributed by atoms with E-state index in [0.29, 0.717) is 24.7 Å². The van der Waals surface area contributed by atoms with Crippen LogP contribution in [0.15, 0.2) is 11.6 Å². The summed E-state index contributed by atoms with van der Waals surface area (Å²) < 4.78 is 4.80. The molecule has 1 amide bonds. The Hall–Kier alpha value is -0.580. The Morgan fingerprint density at radius 2 is 2.29 bits per heavy atom. The predicted octanol–water partition coefficient (Wildman–Crippen LogP) is 0.480. The summed E-state index contributed by atoms with van der Waals surface area (Å²) in [6, 6.07) is -0.276. The molecule has 0 saturated carbocycles. The molecule has 82 valence electrons. The normalized spacial score (nSPS) is 12.2. The van der Waals surface area contributed by atoms with Crippen LogP contribution in [0, 0.1) is 0 Å². The minimum Gasteiger partial charge on any atom is -0.383 e. The maximum absolute atomic E-state index is 11.3. The van der Waals surface area contributed by atoms with E-state index in [1.807, 2.05) is 0 Å². The fourth-order valence-electron chi connectivity index (χ4n) is 0.786. The quantitative estimate of drug-likeness (QED) is 0.614. The maximum Gasteiger partial charge on any atom is 0.236 e. The standard InChI is InChI=1S/C9H17ClN2O2/c1-7(10)6-12-8(2)9(13)11-4-5-14-3/h8,12H,1,4-6H2,2-3H3,(H,11,13). The van der Waals surface area contributed by atoms with Gasteiger partial charge in [0.05, 0.1) is 12.6 Å². The van der Waals surface area contributed by atoms with E-state index >= 15 is 0 Å². The molecule has 0 aromatic rings. The molecule has 0 spiro atoms. The average molecular weight is 221 g/mol. The number of rotatable bonds is 7. The van der Waals surface area contributed by atoms with Gasteiger partial charge in [-0.3, -0.25) is 4.79 Å². The number of ether oxygens (including phenoxy) is 1. The van der Waals surface area contributed by atoms with Crippen LogP contribution in [0.4, 0.5) is 0 Å². The molecule has 0 radical (unpaired) electrons. The van der Waals surface area contributed by atoms with E-state index in [4.69, 9.17) is 16.3 Å². The molecular weight excluding hydrogens is 204 g/mol. The molecule has 1 atom stereocenters. The Balaban J connectivity index is 3.59. The molecular formula is C9H17ClN2O2. The number of carbonyl (C=O) groups excluding carboxylic acids is 1. The van der Waals surface area contributed by atoms with Crippen molar-refractivity contribution in [1.82, 2.24) is 10.6 Å². The van der Waals surface area contributed by atoms with Crippen LogP contribution in [0.2, 0.25) is 0 Å². The minimum atomic E-state index is -0.276. The second-order valence-electron chi connectivity index (χ2n) is 2.90. The van der Waals surface area contributed by atoms with Crippen molar-refractivity contribution in [3.05, 3.63) is 11.6 Å². The summed E-state index contributed by atoms with van der Waals surface area (Å²) >= 11 is 5.54. The number of nitrogens with one attached hydrogen (secondary N) is 2. The minimum absolute atomic E-state index is 0.0695. The molecule has 4 nitrogen and oxygen atoms in total. The number of hydrogen-bond donors (Lipinski definition) is 2. The lowest BCUT2D eigenvalue weighted by molar-refractivity contribution is -0.122. The lowest BCUT2D eigenvalue weighted by Crippen LogP contribution is -2.43. The highest BCUT2D eigenvalue weighted by atomic mass is 35.5. The Morgan fingerprint density at radius 1 is 1.64 bits per heavy atom. The number of halogens is 1. The lowest BCUT2D eigenvalue weighted by Gasteiger charge is -2.13. The SMILES string of the molecule is C=C(Cl)CNC(C)C(=O)NCCOC. The van der Waals surface area contributed by atoms with Crippen LogP contribution in [-0.2, 0) is 9.53 Å². The van der Waals surface area contributed by atoms with Crippen molar-refractivity contribution in [1.29, 1.82) is 0 Å². The van der Waals surface area contributed by atoms with Crippen molar-refractivity contribution in [3.63, 3.8) is 0 Å². The van der Waals surface area contributed by atoms with Crippen molar-refractivity contribution in [2.45, 2.75) is 13.0 Å². The summed E-state index contributed by atoms with van der Waals surface area (Å²) in [7, 11) is 1.59. The third-order valence-electron chi connectivity index (χ3n) is 1.60. The molecule has 5 heteroatoms. The molecule has 0 aliphatic carbocycles. The summed E-state index contributed by atoms with van der Waals surface area (Å²) in [5.74, 6) is -0.0695. The molecule has 0 aromatic heterocycles. The van der Waals surface area contributed by atoms with Crippen molar-refractivity contribution < 1.29 is 9.53 Å². The molecule has 2 N–H and O–H groups in total. The Kier molecular flexibility index (Phi) is 7.47. The fourth-order valence-corrected chi connectivity index (χ4v) is 0.863. The van der Waals surface area contributed by atoms with Crippen molar-refractivity contribution >= 4 is 17.5 Å². The van der Waals surface area contributed by atoms with Gasteiger partial charge in [0.25, 0.3) is 0 Å². The zero-order valence-corrected chi connectivity index (χ0v) is 9.36. The first kappa shape index (κ1) is 13.4. The van der Waals surface area contributed by atoms with Crippen molar-refractivity contribution in [3.8, 4) is 0 Å². The van der Waals surface area contributed by atoms with Crippen LogP contribution in [0.25, 0.3) is 0 Å². The molecule has 0 heterocycles. The number of methoxy groups -OCH3 is 1. The van der Waals surface area contributed by atoms with E-state index in [-0.39, 0.29) is 11.9 Å². The Labute approximate surface area is 89.6 Å². The van der Waals surface area contributed by atoms with E-state index in [1.165, 1.54) is 0 Å². The molecule has 0 aromatic carbocycles. The number of amides is 1. The predicted molar refractivity (Wildman–Crippen MR) is 57.3 cm³/mol. The second kappa shape index (κ2) is 7.79. The van der Waals surface area contributed by atoms with Gasteiger partial charge in [0.15, 0.2) is 0 Å². The smallest absolute Gasteiger partial charge is 0.236 e. The van der Waals surface area contributed by atoms with Crippen molar-refractivity contribution in [2.24, 2.45) is 0 Å². The van der Waals surface area contributed by atoms with E-state index in [9.17, 15) is 4.79 Å². The van der Waals surface area contributed by atoms with Crippen LogP contribution in [-0.4, -0.2) is 38.8 Å². The van der Waals surface area contributed by atoms with Gasteiger partial charge in [0.2, 0.25) is 5.91 Å². The maximum atomic E-state index is 11.3. The molecule has 14 heavy (non-hydrogen) atoms. The van der Waals surface area contributed by atoms with Crippen LogP contribution < -0.4 is 10.6 Å². The highest BCUT2D eigenvalue weighted by Gasteiger charge is 2.10.